The molecule has 0 aliphatic carbocycles. The van der Waals surface area contributed by atoms with E-state index in [0.29, 0.717) is 12.4 Å². The lowest BCUT2D eigenvalue weighted by Crippen LogP contribution is -2.41. The summed E-state index contributed by atoms with van der Waals surface area (Å²) in [5, 5.41) is 1.00. The SMILES string of the molecule is NC(=O)C1CCCN(c2snc(N)c2-c2ccncc2)C1. The molecule has 110 valence electrons. The van der Waals surface area contributed by atoms with Crippen molar-refractivity contribution in [2.75, 3.05) is 23.7 Å². The normalized spacial score (nSPS) is 18.7. The van der Waals surface area contributed by atoms with Gasteiger partial charge < -0.3 is 16.4 Å². The fourth-order valence-corrected chi connectivity index (χ4v) is 3.56. The van der Waals surface area contributed by atoms with Crippen LogP contribution in [0.2, 0.25) is 0 Å². The molecule has 0 spiro atoms. The van der Waals surface area contributed by atoms with Gasteiger partial charge in [0.05, 0.1) is 11.5 Å². The van der Waals surface area contributed by atoms with Crippen LogP contribution in [0, 0.1) is 5.92 Å². The van der Waals surface area contributed by atoms with E-state index in [1.165, 1.54) is 11.5 Å². The first-order valence-corrected chi connectivity index (χ1v) is 7.64. The van der Waals surface area contributed by atoms with Gasteiger partial charge in [-0.2, -0.15) is 4.37 Å². The molecule has 1 amide bonds. The predicted molar refractivity (Wildman–Crippen MR) is 83.9 cm³/mol. The molecule has 1 atom stereocenters. The van der Waals surface area contributed by atoms with Crippen LogP contribution in [0.3, 0.4) is 0 Å². The molecule has 2 aromatic heterocycles. The highest BCUT2D eigenvalue weighted by Crippen LogP contribution is 2.40. The van der Waals surface area contributed by atoms with Crippen LogP contribution in [0.1, 0.15) is 12.8 Å². The lowest BCUT2D eigenvalue weighted by molar-refractivity contribution is -0.122. The van der Waals surface area contributed by atoms with Gasteiger partial charge in [0.1, 0.15) is 10.8 Å². The van der Waals surface area contributed by atoms with Gasteiger partial charge in [0.2, 0.25) is 5.91 Å². The summed E-state index contributed by atoms with van der Waals surface area (Å²) < 4.78 is 4.28. The van der Waals surface area contributed by atoms with Crippen molar-refractivity contribution < 1.29 is 4.79 Å². The summed E-state index contributed by atoms with van der Waals surface area (Å²) in [6, 6.07) is 3.83. The Bertz CT molecular complexity index is 642. The molecule has 1 aliphatic rings. The lowest BCUT2D eigenvalue weighted by atomic mass is 9.97. The summed E-state index contributed by atoms with van der Waals surface area (Å²) in [5.74, 6) is 0.178. The number of hydrogen-bond donors (Lipinski definition) is 2. The highest BCUT2D eigenvalue weighted by Gasteiger charge is 2.27. The molecular formula is C14H17N5OS. The third-order valence-electron chi connectivity index (χ3n) is 3.78. The van der Waals surface area contributed by atoms with Crippen LogP contribution in [0.15, 0.2) is 24.5 Å². The zero-order valence-electron chi connectivity index (χ0n) is 11.5. The van der Waals surface area contributed by atoms with E-state index in [1.54, 1.807) is 12.4 Å². The molecule has 3 rings (SSSR count). The number of amides is 1. The summed E-state index contributed by atoms with van der Waals surface area (Å²) in [6.07, 6.45) is 5.27. The Morgan fingerprint density at radius 1 is 1.38 bits per heavy atom. The average Bonchev–Trinajstić information content (AvgIpc) is 2.90. The van der Waals surface area contributed by atoms with E-state index in [0.717, 1.165) is 35.5 Å². The maximum Gasteiger partial charge on any atom is 0.222 e. The molecule has 4 N–H and O–H groups in total. The van der Waals surface area contributed by atoms with Gasteiger partial charge in [-0.1, -0.05) is 0 Å². The number of primary amides is 1. The van der Waals surface area contributed by atoms with Crippen LogP contribution in [-0.4, -0.2) is 28.4 Å². The van der Waals surface area contributed by atoms with E-state index in [-0.39, 0.29) is 11.8 Å². The minimum absolute atomic E-state index is 0.104. The van der Waals surface area contributed by atoms with E-state index in [2.05, 4.69) is 14.3 Å². The number of aromatic nitrogens is 2. The molecule has 0 radical (unpaired) electrons. The predicted octanol–water partition coefficient (Wildman–Crippen LogP) is 1.49. The van der Waals surface area contributed by atoms with E-state index in [9.17, 15) is 4.79 Å². The molecule has 2 aromatic rings. The number of piperidine rings is 1. The number of carbonyl (C=O) groups is 1. The standard InChI is InChI=1S/C14H17N5OS/c15-12-11(9-3-5-17-6-4-9)14(21-18-12)19-7-1-2-10(8-19)13(16)20/h3-6,10H,1-2,7-8H2,(H2,15,18)(H2,16,20). The van der Waals surface area contributed by atoms with Crippen molar-refractivity contribution in [2.45, 2.75) is 12.8 Å². The summed E-state index contributed by atoms with van der Waals surface area (Å²) in [7, 11) is 0. The first kappa shape index (κ1) is 13.8. The van der Waals surface area contributed by atoms with Gasteiger partial charge in [-0.15, -0.1) is 0 Å². The van der Waals surface area contributed by atoms with Gasteiger partial charge in [0.15, 0.2) is 0 Å². The molecule has 7 heteroatoms. The van der Waals surface area contributed by atoms with Gasteiger partial charge >= 0.3 is 0 Å². The molecule has 21 heavy (non-hydrogen) atoms. The number of nitrogens with zero attached hydrogens (tertiary/aromatic N) is 3. The number of nitrogen functional groups attached to an aromatic ring is 1. The minimum Gasteiger partial charge on any atom is -0.382 e. The van der Waals surface area contributed by atoms with Gasteiger partial charge in [-0.3, -0.25) is 9.78 Å². The van der Waals surface area contributed by atoms with Crippen LogP contribution in [0.25, 0.3) is 11.1 Å². The van der Waals surface area contributed by atoms with Crippen molar-refractivity contribution in [3.63, 3.8) is 0 Å². The van der Waals surface area contributed by atoms with Crippen LogP contribution in [-0.2, 0) is 4.79 Å². The Balaban J connectivity index is 1.95. The molecule has 1 fully saturated rings. The van der Waals surface area contributed by atoms with Crippen molar-refractivity contribution >= 4 is 28.3 Å². The smallest absolute Gasteiger partial charge is 0.222 e. The van der Waals surface area contributed by atoms with Gasteiger partial charge in [0, 0.05) is 25.5 Å². The van der Waals surface area contributed by atoms with Crippen molar-refractivity contribution in [3.05, 3.63) is 24.5 Å². The summed E-state index contributed by atoms with van der Waals surface area (Å²) in [5.41, 5.74) is 13.4. The average molecular weight is 303 g/mol. The van der Waals surface area contributed by atoms with Crippen LogP contribution < -0.4 is 16.4 Å². The summed E-state index contributed by atoms with van der Waals surface area (Å²) >= 11 is 1.37. The Kier molecular flexibility index (Phi) is 3.74. The summed E-state index contributed by atoms with van der Waals surface area (Å²) in [4.78, 5) is 17.6. The highest BCUT2D eigenvalue weighted by molar-refractivity contribution is 7.11. The highest BCUT2D eigenvalue weighted by atomic mass is 32.1. The molecule has 1 saturated heterocycles. The molecule has 0 aromatic carbocycles. The molecule has 1 aliphatic heterocycles. The zero-order valence-corrected chi connectivity index (χ0v) is 12.3. The van der Waals surface area contributed by atoms with Crippen molar-refractivity contribution in [2.24, 2.45) is 11.7 Å². The molecule has 1 unspecified atom stereocenters. The molecule has 0 saturated carbocycles. The number of hydrogen-bond acceptors (Lipinski definition) is 6. The second kappa shape index (κ2) is 5.69. The number of nitrogens with two attached hydrogens (primary N) is 2. The van der Waals surface area contributed by atoms with Crippen LogP contribution in [0.5, 0.6) is 0 Å². The van der Waals surface area contributed by atoms with Gasteiger partial charge in [-0.05, 0) is 42.1 Å². The fraction of sp³-hybridized carbons (Fsp3) is 0.357. The van der Waals surface area contributed by atoms with Crippen LogP contribution >= 0.6 is 11.5 Å². The van der Waals surface area contributed by atoms with Gasteiger partial charge in [-0.25, -0.2) is 0 Å². The maximum atomic E-state index is 11.4. The zero-order chi connectivity index (χ0) is 14.8. The summed E-state index contributed by atoms with van der Waals surface area (Å²) in [6.45, 7) is 1.53. The lowest BCUT2D eigenvalue weighted by Gasteiger charge is -2.32. The Hall–Kier alpha value is -2.15. The van der Waals surface area contributed by atoms with E-state index >= 15 is 0 Å². The van der Waals surface area contributed by atoms with E-state index in [4.69, 9.17) is 11.5 Å². The molecule has 3 heterocycles. The second-order valence-corrected chi connectivity index (χ2v) is 5.92. The van der Waals surface area contributed by atoms with Gasteiger partial charge in [0.25, 0.3) is 0 Å². The number of anilines is 2. The number of carbonyl (C=O) groups excluding carboxylic acids is 1. The maximum absolute atomic E-state index is 11.4. The monoisotopic (exact) mass is 303 g/mol. The Morgan fingerprint density at radius 2 is 2.14 bits per heavy atom. The third-order valence-corrected chi connectivity index (χ3v) is 4.70. The van der Waals surface area contributed by atoms with Crippen molar-refractivity contribution in [1.82, 2.24) is 9.36 Å². The number of pyridine rings is 1. The molecular weight excluding hydrogens is 286 g/mol. The minimum atomic E-state index is -0.234. The Labute approximate surface area is 126 Å². The van der Waals surface area contributed by atoms with Crippen LogP contribution in [0.4, 0.5) is 10.8 Å². The topological polar surface area (TPSA) is 98.1 Å². The number of rotatable bonds is 3. The third kappa shape index (κ3) is 2.69. The largest absolute Gasteiger partial charge is 0.382 e. The second-order valence-electron chi connectivity index (χ2n) is 5.17. The Morgan fingerprint density at radius 3 is 2.86 bits per heavy atom. The van der Waals surface area contributed by atoms with Crippen molar-refractivity contribution in [3.8, 4) is 11.1 Å². The first-order chi connectivity index (χ1) is 10.2. The molecule has 0 bridgehead atoms. The first-order valence-electron chi connectivity index (χ1n) is 6.86. The van der Waals surface area contributed by atoms with E-state index < -0.39 is 0 Å². The van der Waals surface area contributed by atoms with Crippen molar-refractivity contribution in [1.29, 1.82) is 0 Å². The molecule has 6 nitrogen and oxygen atoms in total. The fourth-order valence-electron chi connectivity index (χ4n) is 2.69. The van der Waals surface area contributed by atoms with E-state index in [1.807, 2.05) is 12.1 Å². The quantitative estimate of drug-likeness (QED) is 0.895.